The van der Waals surface area contributed by atoms with Crippen molar-refractivity contribution in [1.29, 1.82) is 0 Å². The molecule has 94 valence electrons. The molecule has 3 N–H and O–H groups in total. The summed E-state index contributed by atoms with van der Waals surface area (Å²) in [5.74, 6) is 0.253. The molecule has 1 fully saturated rings. The summed E-state index contributed by atoms with van der Waals surface area (Å²) < 4.78 is 1.74. The lowest BCUT2D eigenvalue weighted by atomic mass is 9.80. The highest BCUT2D eigenvalue weighted by Crippen LogP contribution is 2.36. The molecule has 0 amide bonds. The van der Waals surface area contributed by atoms with E-state index in [1.165, 1.54) is 6.42 Å². The minimum absolute atomic E-state index is 0.0316. The molecule has 0 aliphatic heterocycles. The zero-order chi connectivity index (χ0) is 12.6. The van der Waals surface area contributed by atoms with Crippen LogP contribution in [-0.2, 0) is 0 Å². The summed E-state index contributed by atoms with van der Waals surface area (Å²) in [6, 6.07) is 0.282. The van der Waals surface area contributed by atoms with Crippen LogP contribution in [0.2, 0.25) is 0 Å². The maximum absolute atomic E-state index is 10.9. The number of hydrogen-bond donors (Lipinski definition) is 2. The van der Waals surface area contributed by atoms with Gasteiger partial charge in [0.15, 0.2) is 5.69 Å². The highest BCUT2D eigenvalue weighted by atomic mass is 16.4. The molecule has 1 saturated carbocycles. The number of carbonyl (C=O) groups is 1. The van der Waals surface area contributed by atoms with Gasteiger partial charge < -0.3 is 10.8 Å². The Kier molecular flexibility index (Phi) is 3.09. The second kappa shape index (κ2) is 4.39. The van der Waals surface area contributed by atoms with Gasteiger partial charge in [-0.2, -0.15) is 5.10 Å². The fraction of sp³-hybridized carbons (Fsp3) is 0.667. The predicted octanol–water partition coefficient (Wildman–Crippen LogP) is 2.16. The summed E-state index contributed by atoms with van der Waals surface area (Å²) >= 11 is 0. The molecule has 0 bridgehead atoms. The zero-order valence-corrected chi connectivity index (χ0v) is 10.3. The number of rotatable bonds is 2. The Morgan fingerprint density at radius 3 is 2.47 bits per heavy atom. The number of carboxylic acids is 1. The molecule has 1 aliphatic carbocycles. The molecule has 2 atom stereocenters. The van der Waals surface area contributed by atoms with Crippen molar-refractivity contribution in [1.82, 2.24) is 9.78 Å². The third kappa shape index (κ3) is 2.43. The lowest BCUT2D eigenvalue weighted by molar-refractivity contribution is 0.0689. The summed E-state index contributed by atoms with van der Waals surface area (Å²) in [4.78, 5) is 10.9. The van der Waals surface area contributed by atoms with Gasteiger partial charge in [-0.3, -0.25) is 4.68 Å². The summed E-state index contributed by atoms with van der Waals surface area (Å²) in [7, 11) is 0. The predicted molar refractivity (Wildman–Crippen MR) is 64.8 cm³/mol. The molecule has 2 unspecified atom stereocenters. The van der Waals surface area contributed by atoms with Crippen molar-refractivity contribution in [3.8, 4) is 0 Å². The maximum atomic E-state index is 10.9. The SMILES string of the molecule is CC1CC(C)CC(n2cc(N)c(C(=O)O)n2)C1. The minimum atomic E-state index is -1.06. The average Bonchev–Trinajstić information content (AvgIpc) is 2.59. The van der Waals surface area contributed by atoms with Crippen LogP contribution in [0.1, 0.15) is 49.6 Å². The molecule has 0 aromatic carbocycles. The molecule has 1 aliphatic rings. The normalized spacial score (nSPS) is 29.2. The van der Waals surface area contributed by atoms with E-state index in [9.17, 15) is 4.79 Å². The fourth-order valence-corrected chi connectivity index (χ4v) is 2.88. The van der Waals surface area contributed by atoms with E-state index in [0.717, 1.165) is 12.8 Å². The van der Waals surface area contributed by atoms with Crippen molar-refractivity contribution in [2.45, 2.75) is 39.2 Å². The van der Waals surface area contributed by atoms with Crippen LogP contribution >= 0.6 is 0 Å². The van der Waals surface area contributed by atoms with Crippen molar-refractivity contribution in [3.63, 3.8) is 0 Å². The van der Waals surface area contributed by atoms with Crippen LogP contribution in [0.3, 0.4) is 0 Å². The van der Waals surface area contributed by atoms with E-state index in [4.69, 9.17) is 10.8 Å². The summed E-state index contributed by atoms with van der Waals surface area (Å²) in [6.45, 7) is 4.46. The summed E-state index contributed by atoms with van der Waals surface area (Å²) in [5, 5.41) is 13.0. The highest BCUT2D eigenvalue weighted by molar-refractivity contribution is 5.91. The van der Waals surface area contributed by atoms with E-state index in [1.807, 2.05) is 0 Å². The van der Waals surface area contributed by atoms with Crippen LogP contribution < -0.4 is 5.73 Å². The number of carboxylic acid groups (broad SMARTS) is 1. The smallest absolute Gasteiger partial charge is 0.358 e. The van der Waals surface area contributed by atoms with Gasteiger partial charge in [0.1, 0.15) is 0 Å². The number of hydrogen-bond acceptors (Lipinski definition) is 3. The van der Waals surface area contributed by atoms with Crippen molar-refractivity contribution in [2.24, 2.45) is 11.8 Å². The van der Waals surface area contributed by atoms with Gasteiger partial charge in [-0.25, -0.2) is 4.79 Å². The molecule has 17 heavy (non-hydrogen) atoms. The molecule has 0 saturated heterocycles. The third-order valence-electron chi connectivity index (χ3n) is 3.49. The maximum Gasteiger partial charge on any atom is 0.358 e. The van der Waals surface area contributed by atoms with Gasteiger partial charge in [-0.1, -0.05) is 13.8 Å². The first-order chi connectivity index (χ1) is 7.97. The standard InChI is InChI=1S/C12H19N3O2/c1-7-3-8(2)5-9(4-7)15-6-10(13)11(14-15)12(16)17/h6-9H,3-5,13H2,1-2H3,(H,16,17). The average molecular weight is 237 g/mol. The van der Waals surface area contributed by atoms with Crippen LogP contribution in [0.25, 0.3) is 0 Å². The number of nitrogens with zero attached hydrogens (tertiary/aromatic N) is 2. The number of nitrogens with two attached hydrogens (primary N) is 1. The Bertz CT molecular complexity index is 417. The molecule has 5 heteroatoms. The van der Waals surface area contributed by atoms with Crippen molar-refractivity contribution >= 4 is 11.7 Å². The molecule has 2 rings (SSSR count). The number of aromatic carboxylic acids is 1. The quantitative estimate of drug-likeness (QED) is 0.825. The van der Waals surface area contributed by atoms with Crippen LogP contribution in [-0.4, -0.2) is 20.9 Å². The van der Waals surface area contributed by atoms with Crippen molar-refractivity contribution < 1.29 is 9.90 Å². The van der Waals surface area contributed by atoms with E-state index in [0.29, 0.717) is 11.8 Å². The fourth-order valence-electron chi connectivity index (χ4n) is 2.88. The first-order valence-corrected chi connectivity index (χ1v) is 6.05. The van der Waals surface area contributed by atoms with E-state index in [2.05, 4.69) is 18.9 Å². The molecule has 1 aromatic rings. The molecular formula is C12H19N3O2. The first-order valence-electron chi connectivity index (χ1n) is 6.05. The van der Waals surface area contributed by atoms with E-state index < -0.39 is 5.97 Å². The van der Waals surface area contributed by atoms with Crippen LogP contribution in [0.15, 0.2) is 6.20 Å². The van der Waals surface area contributed by atoms with Crippen LogP contribution in [0.5, 0.6) is 0 Å². The molecule has 5 nitrogen and oxygen atoms in total. The Labute approximate surface area is 101 Å². The first kappa shape index (κ1) is 12.0. The van der Waals surface area contributed by atoms with E-state index in [-0.39, 0.29) is 17.4 Å². The summed E-state index contributed by atoms with van der Waals surface area (Å²) in [5.41, 5.74) is 5.88. The zero-order valence-electron chi connectivity index (χ0n) is 10.3. The topological polar surface area (TPSA) is 81.1 Å². The molecule has 0 spiro atoms. The van der Waals surface area contributed by atoms with E-state index in [1.54, 1.807) is 10.9 Å². The van der Waals surface area contributed by atoms with Gasteiger partial charge in [-0.15, -0.1) is 0 Å². The van der Waals surface area contributed by atoms with Gasteiger partial charge >= 0.3 is 5.97 Å². The van der Waals surface area contributed by atoms with Crippen molar-refractivity contribution in [3.05, 3.63) is 11.9 Å². The molecular weight excluding hydrogens is 218 g/mol. The van der Waals surface area contributed by atoms with Crippen LogP contribution in [0.4, 0.5) is 5.69 Å². The van der Waals surface area contributed by atoms with Gasteiger partial charge in [0.25, 0.3) is 0 Å². The van der Waals surface area contributed by atoms with Gasteiger partial charge in [0.05, 0.1) is 11.7 Å². The second-order valence-electron chi connectivity index (χ2n) is 5.29. The van der Waals surface area contributed by atoms with Gasteiger partial charge in [0, 0.05) is 6.20 Å². The van der Waals surface area contributed by atoms with Crippen molar-refractivity contribution in [2.75, 3.05) is 5.73 Å². The summed E-state index contributed by atoms with van der Waals surface area (Å²) in [6.07, 6.45) is 4.98. The third-order valence-corrected chi connectivity index (χ3v) is 3.49. The highest BCUT2D eigenvalue weighted by Gasteiger charge is 2.27. The van der Waals surface area contributed by atoms with Gasteiger partial charge in [0.2, 0.25) is 0 Å². The molecule has 1 heterocycles. The minimum Gasteiger partial charge on any atom is -0.476 e. The molecule has 1 aromatic heterocycles. The Hall–Kier alpha value is -1.52. The van der Waals surface area contributed by atoms with Crippen LogP contribution in [0, 0.1) is 11.8 Å². The Morgan fingerprint density at radius 2 is 2.00 bits per heavy atom. The Morgan fingerprint density at radius 1 is 1.41 bits per heavy atom. The monoisotopic (exact) mass is 237 g/mol. The van der Waals surface area contributed by atoms with E-state index >= 15 is 0 Å². The molecule has 0 radical (unpaired) electrons. The lowest BCUT2D eigenvalue weighted by Gasteiger charge is -2.31. The second-order valence-corrected chi connectivity index (χ2v) is 5.29. The number of anilines is 1. The van der Waals surface area contributed by atoms with Gasteiger partial charge in [-0.05, 0) is 31.1 Å². The lowest BCUT2D eigenvalue weighted by Crippen LogP contribution is -2.23. The Balaban J connectivity index is 2.22. The number of aromatic nitrogens is 2. The number of nitrogen functional groups attached to an aromatic ring is 1. The largest absolute Gasteiger partial charge is 0.476 e.